The minimum absolute atomic E-state index is 0.208. The van der Waals surface area contributed by atoms with Crippen molar-refractivity contribution in [2.75, 3.05) is 13.7 Å². The summed E-state index contributed by atoms with van der Waals surface area (Å²) in [7, 11) is 1.67. The Morgan fingerprint density at radius 3 is 2.55 bits per heavy atom. The molecule has 4 nitrogen and oxygen atoms in total. The van der Waals surface area contributed by atoms with Gasteiger partial charge in [0.15, 0.2) is 0 Å². The molecule has 2 aromatic carbocycles. The van der Waals surface area contributed by atoms with Crippen LogP contribution in [-0.4, -0.2) is 24.7 Å². The lowest BCUT2D eigenvalue weighted by atomic mass is 10.0. The molecule has 0 saturated heterocycles. The summed E-state index contributed by atoms with van der Waals surface area (Å²) in [6, 6.07) is 16.2. The van der Waals surface area contributed by atoms with E-state index in [1.807, 2.05) is 24.3 Å². The molecule has 0 aromatic heterocycles. The summed E-state index contributed by atoms with van der Waals surface area (Å²) in [6.07, 6.45) is 0.856. The molecule has 0 bridgehead atoms. The van der Waals surface area contributed by atoms with E-state index >= 15 is 0 Å². The Morgan fingerprint density at radius 2 is 1.86 bits per heavy atom. The summed E-state index contributed by atoms with van der Waals surface area (Å²) in [5.41, 5.74) is 3.37. The van der Waals surface area contributed by atoms with Gasteiger partial charge in [0.05, 0.1) is 7.11 Å². The van der Waals surface area contributed by atoms with Crippen molar-refractivity contribution in [2.45, 2.75) is 19.4 Å². The largest absolute Gasteiger partial charge is 0.496 e. The van der Waals surface area contributed by atoms with Gasteiger partial charge in [0.25, 0.3) is 0 Å². The second-order valence-corrected chi connectivity index (χ2v) is 5.07. The molecule has 0 unspecified atom stereocenters. The number of para-hydroxylation sites is 1. The molecule has 2 N–H and O–H groups in total. The lowest BCUT2D eigenvalue weighted by Crippen LogP contribution is -2.15. The van der Waals surface area contributed by atoms with E-state index in [9.17, 15) is 4.79 Å². The fraction of sp³-hybridized carbons (Fsp3) is 0.278. The van der Waals surface area contributed by atoms with Crippen molar-refractivity contribution < 1.29 is 14.6 Å². The third kappa shape index (κ3) is 4.60. The van der Waals surface area contributed by atoms with Crippen LogP contribution in [0.4, 0.5) is 0 Å². The summed E-state index contributed by atoms with van der Waals surface area (Å²) in [4.78, 5) is 10.4. The quantitative estimate of drug-likeness (QED) is 0.734. The van der Waals surface area contributed by atoms with Crippen molar-refractivity contribution in [3.05, 3.63) is 54.1 Å². The molecule has 0 amide bonds. The summed E-state index contributed by atoms with van der Waals surface area (Å²) >= 11 is 0. The highest BCUT2D eigenvalue weighted by atomic mass is 16.5. The minimum atomic E-state index is -0.747. The SMILES string of the molecule is COc1ccccc1-c1ccc(CNCCCC(=O)O)cc1. The second-order valence-electron chi connectivity index (χ2n) is 5.07. The van der Waals surface area contributed by atoms with E-state index in [-0.39, 0.29) is 6.42 Å². The first-order chi connectivity index (χ1) is 10.7. The molecule has 0 aliphatic carbocycles. The Hall–Kier alpha value is -2.33. The van der Waals surface area contributed by atoms with Crippen LogP contribution in [0.5, 0.6) is 5.75 Å². The van der Waals surface area contributed by atoms with E-state index in [0.29, 0.717) is 13.0 Å². The topological polar surface area (TPSA) is 58.6 Å². The lowest BCUT2D eigenvalue weighted by Gasteiger charge is -2.09. The van der Waals surface area contributed by atoms with Crippen molar-refractivity contribution in [1.29, 1.82) is 0 Å². The summed E-state index contributed by atoms with van der Waals surface area (Å²) in [5, 5.41) is 11.8. The molecule has 2 aromatic rings. The van der Waals surface area contributed by atoms with Crippen LogP contribution >= 0.6 is 0 Å². The van der Waals surface area contributed by atoms with Crippen LogP contribution < -0.4 is 10.1 Å². The molecular formula is C18H21NO3. The van der Waals surface area contributed by atoms with Gasteiger partial charge in [0.1, 0.15) is 5.75 Å². The fourth-order valence-corrected chi connectivity index (χ4v) is 2.28. The van der Waals surface area contributed by atoms with Crippen LogP contribution in [-0.2, 0) is 11.3 Å². The maximum absolute atomic E-state index is 10.4. The number of carbonyl (C=O) groups is 1. The van der Waals surface area contributed by atoms with Crippen LogP contribution in [0.2, 0.25) is 0 Å². The first-order valence-corrected chi connectivity index (χ1v) is 7.35. The van der Waals surface area contributed by atoms with Crippen molar-refractivity contribution in [3.63, 3.8) is 0 Å². The first kappa shape index (κ1) is 16.0. The van der Waals surface area contributed by atoms with Crippen LogP contribution in [0.3, 0.4) is 0 Å². The van der Waals surface area contributed by atoms with Gasteiger partial charge in [-0.25, -0.2) is 0 Å². The minimum Gasteiger partial charge on any atom is -0.496 e. The molecule has 0 aliphatic rings. The number of hydrogen-bond acceptors (Lipinski definition) is 3. The van der Waals surface area contributed by atoms with Crippen LogP contribution in [0.1, 0.15) is 18.4 Å². The molecule has 0 atom stereocenters. The van der Waals surface area contributed by atoms with Crippen molar-refractivity contribution >= 4 is 5.97 Å². The molecular weight excluding hydrogens is 278 g/mol. The number of nitrogens with one attached hydrogen (secondary N) is 1. The zero-order valence-corrected chi connectivity index (χ0v) is 12.7. The average Bonchev–Trinajstić information content (AvgIpc) is 2.55. The van der Waals surface area contributed by atoms with Gasteiger partial charge in [-0.15, -0.1) is 0 Å². The number of methoxy groups -OCH3 is 1. The molecule has 0 saturated carbocycles. The van der Waals surface area contributed by atoms with E-state index in [0.717, 1.165) is 23.4 Å². The molecule has 0 aliphatic heterocycles. The summed E-state index contributed by atoms with van der Waals surface area (Å²) in [5.74, 6) is 0.116. The molecule has 0 fully saturated rings. The summed E-state index contributed by atoms with van der Waals surface area (Å²) < 4.78 is 5.38. The van der Waals surface area contributed by atoms with Crippen molar-refractivity contribution in [1.82, 2.24) is 5.32 Å². The Morgan fingerprint density at radius 1 is 1.14 bits per heavy atom. The third-order valence-electron chi connectivity index (χ3n) is 3.45. The highest BCUT2D eigenvalue weighted by Gasteiger charge is 2.04. The molecule has 0 heterocycles. The van der Waals surface area contributed by atoms with E-state index in [4.69, 9.17) is 9.84 Å². The van der Waals surface area contributed by atoms with E-state index in [2.05, 4.69) is 29.6 Å². The van der Waals surface area contributed by atoms with E-state index in [1.54, 1.807) is 7.11 Å². The van der Waals surface area contributed by atoms with Gasteiger partial charge >= 0.3 is 5.97 Å². The number of aliphatic carboxylic acids is 1. The highest BCUT2D eigenvalue weighted by Crippen LogP contribution is 2.29. The van der Waals surface area contributed by atoms with Gasteiger partial charge < -0.3 is 15.2 Å². The molecule has 116 valence electrons. The van der Waals surface area contributed by atoms with E-state index < -0.39 is 5.97 Å². The number of ether oxygens (including phenoxy) is 1. The molecule has 4 heteroatoms. The normalized spacial score (nSPS) is 10.4. The van der Waals surface area contributed by atoms with Gasteiger partial charge in [0.2, 0.25) is 0 Å². The van der Waals surface area contributed by atoms with Gasteiger partial charge in [-0.3, -0.25) is 4.79 Å². The zero-order valence-electron chi connectivity index (χ0n) is 12.7. The Kier molecular flexibility index (Phi) is 5.98. The standard InChI is InChI=1S/C18H21NO3/c1-22-17-6-3-2-5-16(17)15-10-8-14(9-11-15)13-19-12-4-7-18(20)21/h2-3,5-6,8-11,19H,4,7,12-13H2,1H3,(H,20,21). The molecule has 0 spiro atoms. The predicted molar refractivity (Wildman–Crippen MR) is 87.0 cm³/mol. The number of hydrogen-bond donors (Lipinski definition) is 2. The summed E-state index contributed by atoms with van der Waals surface area (Å²) in [6.45, 7) is 1.45. The van der Waals surface area contributed by atoms with Gasteiger partial charge in [-0.1, -0.05) is 42.5 Å². The highest BCUT2D eigenvalue weighted by molar-refractivity contribution is 5.70. The number of rotatable bonds is 8. The van der Waals surface area contributed by atoms with Crippen LogP contribution in [0.15, 0.2) is 48.5 Å². The number of carboxylic acid groups (broad SMARTS) is 1. The maximum atomic E-state index is 10.4. The monoisotopic (exact) mass is 299 g/mol. The van der Waals surface area contributed by atoms with Gasteiger partial charge in [-0.05, 0) is 30.2 Å². The van der Waals surface area contributed by atoms with Crippen molar-refractivity contribution in [3.8, 4) is 16.9 Å². The zero-order chi connectivity index (χ0) is 15.8. The Balaban J connectivity index is 1.91. The maximum Gasteiger partial charge on any atom is 0.303 e. The Bertz CT molecular complexity index is 608. The van der Waals surface area contributed by atoms with E-state index in [1.165, 1.54) is 5.56 Å². The molecule has 2 rings (SSSR count). The Labute approximate surface area is 130 Å². The van der Waals surface area contributed by atoms with Crippen LogP contribution in [0, 0.1) is 0 Å². The number of carboxylic acids is 1. The lowest BCUT2D eigenvalue weighted by molar-refractivity contribution is -0.137. The molecule has 0 radical (unpaired) electrons. The smallest absolute Gasteiger partial charge is 0.303 e. The second kappa shape index (κ2) is 8.20. The van der Waals surface area contributed by atoms with Crippen LogP contribution in [0.25, 0.3) is 11.1 Å². The fourth-order valence-electron chi connectivity index (χ4n) is 2.28. The number of benzene rings is 2. The van der Waals surface area contributed by atoms with Gasteiger partial charge in [0, 0.05) is 18.5 Å². The van der Waals surface area contributed by atoms with Crippen molar-refractivity contribution in [2.24, 2.45) is 0 Å². The third-order valence-corrected chi connectivity index (χ3v) is 3.45. The molecule has 22 heavy (non-hydrogen) atoms. The first-order valence-electron chi connectivity index (χ1n) is 7.35. The van der Waals surface area contributed by atoms with Gasteiger partial charge in [-0.2, -0.15) is 0 Å². The average molecular weight is 299 g/mol. The predicted octanol–water partition coefficient (Wildman–Crippen LogP) is 3.32.